The fourth-order valence-electron chi connectivity index (χ4n) is 1.31. The first-order valence-electron chi connectivity index (χ1n) is 5.01. The summed E-state index contributed by atoms with van der Waals surface area (Å²) in [4.78, 5) is 18.2. The Bertz CT molecular complexity index is 622. The van der Waals surface area contributed by atoms with Gasteiger partial charge < -0.3 is 10.2 Å². The minimum Gasteiger partial charge on any atom is -0.429 e. The van der Waals surface area contributed by atoms with Crippen molar-refractivity contribution in [3.8, 4) is 11.6 Å². The third-order valence-corrected chi connectivity index (χ3v) is 2.73. The molecule has 8 nitrogen and oxygen atoms in total. The summed E-state index contributed by atoms with van der Waals surface area (Å²) in [6.45, 7) is 0. The number of anilines is 1. The number of para-hydroxylation sites is 1. The lowest BCUT2D eigenvalue weighted by molar-refractivity contribution is -0.385. The van der Waals surface area contributed by atoms with Gasteiger partial charge in [-0.25, -0.2) is 5.84 Å². The average molecular weight is 326 g/mol. The molecule has 1 heterocycles. The molecule has 0 aliphatic carbocycles. The third kappa shape index (κ3) is 2.95. The standard InChI is InChI=1S/C10H8BrN5O3/c11-6-2-1-3-7(16(17)18)10(6)19-9-5-13-4-8(14-9)15-12/h1-5H,12H2,(H,14,15). The van der Waals surface area contributed by atoms with Gasteiger partial charge in [-0.1, -0.05) is 6.07 Å². The number of nitrogens with zero attached hydrogens (tertiary/aromatic N) is 3. The van der Waals surface area contributed by atoms with Crippen molar-refractivity contribution in [1.29, 1.82) is 0 Å². The van der Waals surface area contributed by atoms with E-state index in [4.69, 9.17) is 10.6 Å². The van der Waals surface area contributed by atoms with Crippen molar-refractivity contribution in [2.24, 2.45) is 5.84 Å². The van der Waals surface area contributed by atoms with Crippen LogP contribution in [-0.4, -0.2) is 14.9 Å². The molecule has 2 aromatic rings. The van der Waals surface area contributed by atoms with Crippen molar-refractivity contribution in [3.05, 3.63) is 45.2 Å². The molecule has 0 unspecified atom stereocenters. The van der Waals surface area contributed by atoms with Crippen molar-refractivity contribution >= 4 is 27.4 Å². The maximum absolute atomic E-state index is 10.9. The lowest BCUT2D eigenvalue weighted by Gasteiger charge is -2.07. The molecule has 0 saturated carbocycles. The fraction of sp³-hybridized carbons (Fsp3) is 0. The SMILES string of the molecule is NNc1cncc(Oc2c(Br)cccc2[N+](=O)[O-])n1. The summed E-state index contributed by atoms with van der Waals surface area (Å²) in [5.41, 5.74) is 2.13. The number of hydrogen-bond donors (Lipinski definition) is 2. The number of nitro groups is 1. The van der Waals surface area contributed by atoms with Gasteiger partial charge in [-0.15, -0.1) is 0 Å². The Kier molecular flexibility index (Phi) is 3.88. The number of halogens is 1. The second kappa shape index (κ2) is 5.59. The quantitative estimate of drug-likeness (QED) is 0.502. The minimum absolute atomic E-state index is 0.0518. The molecule has 19 heavy (non-hydrogen) atoms. The Morgan fingerprint density at radius 3 is 2.89 bits per heavy atom. The van der Waals surface area contributed by atoms with Crippen LogP contribution in [0.5, 0.6) is 11.6 Å². The Labute approximate surface area is 115 Å². The number of aromatic nitrogens is 2. The van der Waals surface area contributed by atoms with Gasteiger partial charge in [-0.3, -0.25) is 15.1 Å². The number of nitro benzene ring substituents is 1. The van der Waals surface area contributed by atoms with E-state index in [-0.39, 0.29) is 23.1 Å². The van der Waals surface area contributed by atoms with E-state index in [0.29, 0.717) is 4.47 Å². The van der Waals surface area contributed by atoms with Gasteiger partial charge in [0.25, 0.3) is 0 Å². The first kappa shape index (κ1) is 13.2. The van der Waals surface area contributed by atoms with E-state index in [0.717, 1.165) is 0 Å². The zero-order valence-electron chi connectivity index (χ0n) is 9.41. The highest BCUT2D eigenvalue weighted by Gasteiger charge is 2.19. The predicted octanol–water partition coefficient (Wildman–Crippen LogP) is 2.23. The monoisotopic (exact) mass is 325 g/mol. The summed E-state index contributed by atoms with van der Waals surface area (Å²) in [7, 11) is 0. The molecule has 0 radical (unpaired) electrons. The van der Waals surface area contributed by atoms with Crippen LogP contribution in [0.3, 0.4) is 0 Å². The van der Waals surface area contributed by atoms with Crippen LogP contribution >= 0.6 is 15.9 Å². The van der Waals surface area contributed by atoms with Gasteiger partial charge >= 0.3 is 5.69 Å². The molecule has 98 valence electrons. The molecule has 0 atom stereocenters. The topological polar surface area (TPSA) is 116 Å². The molecular formula is C10H8BrN5O3. The van der Waals surface area contributed by atoms with E-state index in [1.165, 1.54) is 18.5 Å². The van der Waals surface area contributed by atoms with Gasteiger partial charge in [0.05, 0.1) is 21.8 Å². The molecule has 9 heteroatoms. The van der Waals surface area contributed by atoms with Crippen molar-refractivity contribution in [2.45, 2.75) is 0 Å². The first-order chi connectivity index (χ1) is 9.11. The van der Waals surface area contributed by atoms with E-state index < -0.39 is 4.92 Å². The number of nitrogens with one attached hydrogen (secondary N) is 1. The molecule has 0 aliphatic heterocycles. The van der Waals surface area contributed by atoms with Crippen molar-refractivity contribution in [3.63, 3.8) is 0 Å². The highest BCUT2D eigenvalue weighted by atomic mass is 79.9. The molecule has 0 saturated heterocycles. The number of nitrogen functional groups attached to an aromatic ring is 1. The first-order valence-corrected chi connectivity index (χ1v) is 5.80. The Morgan fingerprint density at radius 2 is 2.21 bits per heavy atom. The molecule has 0 fully saturated rings. The minimum atomic E-state index is -0.543. The zero-order valence-corrected chi connectivity index (χ0v) is 11.0. The fourth-order valence-corrected chi connectivity index (χ4v) is 1.75. The summed E-state index contributed by atoms with van der Waals surface area (Å²) in [6.07, 6.45) is 2.71. The summed E-state index contributed by atoms with van der Waals surface area (Å²) >= 11 is 3.19. The number of rotatable bonds is 4. The Hall–Kier alpha value is -2.26. The molecule has 3 N–H and O–H groups in total. The predicted molar refractivity (Wildman–Crippen MR) is 70.7 cm³/mol. The van der Waals surface area contributed by atoms with Crippen LogP contribution in [0.2, 0.25) is 0 Å². The Balaban J connectivity index is 2.40. The highest BCUT2D eigenvalue weighted by Crippen LogP contribution is 2.37. The van der Waals surface area contributed by atoms with Gasteiger partial charge in [0.1, 0.15) is 0 Å². The van der Waals surface area contributed by atoms with Crippen LogP contribution in [0.4, 0.5) is 11.5 Å². The highest BCUT2D eigenvalue weighted by molar-refractivity contribution is 9.10. The van der Waals surface area contributed by atoms with Crippen LogP contribution < -0.4 is 16.0 Å². The Morgan fingerprint density at radius 1 is 1.42 bits per heavy atom. The van der Waals surface area contributed by atoms with Crippen LogP contribution in [0.1, 0.15) is 0 Å². The van der Waals surface area contributed by atoms with Crippen LogP contribution in [-0.2, 0) is 0 Å². The van der Waals surface area contributed by atoms with E-state index in [2.05, 4.69) is 31.3 Å². The third-order valence-electron chi connectivity index (χ3n) is 2.11. The summed E-state index contributed by atoms with van der Waals surface area (Å²) in [6, 6.07) is 4.50. The zero-order chi connectivity index (χ0) is 13.8. The molecule has 1 aromatic heterocycles. The number of hydrazine groups is 1. The van der Waals surface area contributed by atoms with Crippen molar-refractivity contribution < 1.29 is 9.66 Å². The molecule has 2 rings (SSSR count). The molecule has 0 bridgehead atoms. The molecule has 1 aromatic carbocycles. The lowest BCUT2D eigenvalue weighted by atomic mass is 10.3. The summed E-state index contributed by atoms with van der Waals surface area (Å²) in [5, 5.41) is 10.9. The second-order valence-corrected chi connectivity index (χ2v) is 4.19. The van der Waals surface area contributed by atoms with Crippen molar-refractivity contribution in [1.82, 2.24) is 9.97 Å². The number of benzene rings is 1. The molecule has 0 aliphatic rings. The largest absolute Gasteiger partial charge is 0.429 e. The molecular weight excluding hydrogens is 318 g/mol. The average Bonchev–Trinajstić information content (AvgIpc) is 2.41. The van der Waals surface area contributed by atoms with Crippen molar-refractivity contribution in [2.75, 3.05) is 5.43 Å². The van der Waals surface area contributed by atoms with E-state index in [1.54, 1.807) is 12.1 Å². The van der Waals surface area contributed by atoms with Gasteiger partial charge in [0.15, 0.2) is 5.82 Å². The number of ether oxygens (including phenoxy) is 1. The van der Waals surface area contributed by atoms with Gasteiger partial charge in [0, 0.05) is 6.07 Å². The smallest absolute Gasteiger partial charge is 0.312 e. The number of hydrogen-bond acceptors (Lipinski definition) is 7. The maximum Gasteiger partial charge on any atom is 0.312 e. The van der Waals surface area contributed by atoms with Crippen LogP contribution in [0.15, 0.2) is 35.1 Å². The van der Waals surface area contributed by atoms with E-state index in [9.17, 15) is 10.1 Å². The summed E-state index contributed by atoms with van der Waals surface area (Å²) < 4.78 is 5.83. The van der Waals surface area contributed by atoms with Gasteiger partial charge in [0.2, 0.25) is 11.6 Å². The van der Waals surface area contributed by atoms with Crippen LogP contribution in [0, 0.1) is 10.1 Å². The van der Waals surface area contributed by atoms with Gasteiger partial charge in [-0.05, 0) is 22.0 Å². The second-order valence-electron chi connectivity index (χ2n) is 3.33. The normalized spacial score (nSPS) is 10.0. The number of nitrogens with two attached hydrogens (primary N) is 1. The van der Waals surface area contributed by atoms with Crippen LogP contribution in [0.25, 0.3) is 0 Å². The van der Waals surface area contributed by atoms with Gasteiger partial charge in [-0.2, -0.15) is 4.98 Å². The van der Waals surface area contributed by atoms with E-state index >= 15 is 0 Å². The maximum atomic E-state index is 10.9. The lowest BCUT2D eigenvalue weighted by Crippen LogP contribution is -2.09. The van der Waals surface area contributed by atoms with E-state index in [1.807, 2.05) is 0 Å². The summed E-state index contributed by atoms with van der Waals surface area (Å²) in [5.74, 6) is 5.62. The molecule has 0 amide bonds. The molecule has 0 spiro atoms.